The van der Waals surface area contributed by atoms with Gasteiger partial charge in [0.25, 0.3) is 0 Å². The summed E-state index contributed by atoms with van der Waals surface area (Å²) in [6, 6.07) is 8.97. The lowest BCUT2D eigenvalue weighted by Gasteiger charge is -2.14. The number of rotatable bonds is 0. The molecule has 13 heavy (non-hydrogen) atoms. The quantitative estimate of drug-likeness (QED) is 0.631. The second kappa shape index (κ2) is 2.58. The minimum atomic E-state index is 0.535. The molecule has 2 aliphatic rings. The molecule has 68 valence electrons. The summed E-state index contributed by atoms with van der Waals surface area (Å²) >= 11 is 0. The van der Waals surface area contributed by atoms with Gasteiger partial charge < -0.3 is 5.32 Å². The van der Waals surface area contributed by atoms with Crippen molar-refractivity contribution >= 4 is 0 Å². The Morgan fingerprint density at radius 3 is 2.85 bits per heavy atom. The highest BCUT2D eigenvalue weighted by Crippen LogP contribution is 2.49. The monoisotopic (exact) mass is 173 g/mol. The average Bonchev–Trinajstić information content (AvgIpc) is 2.96. The normalized spacial score (nSPS) is 23.7. The fraction of sp³-hybridized carbons (Fsp3) is 0.500. The van der Waals surface area contributed by atoms with Crippen LogP contribution in [0.5, 0.6) is 0 Å². The molecule has 1 saturated carbocycles. The molecule has 0 amide bonds. The highest BCUT2D eigenvalue weighted by molar-refractivity contribution is 5.40. The van der Waals surface area contributed by atoms with Gasteiger partial charge in [-0.3, -0.25) is 0 Å². The number of hydrogen-bond donors (Lipinski definition) is 1. The molecule has 1 aliphatic carbocycles. The van der Waals surface area contributed by atoms with E-state index >= 15 is 0 Å². The Kier molecular flexibility index (Phi) is 1.50. The molecule has 0 saturated heterocycles. The largest absolute Gasteiger partial charge is 0.316 e. The first-order chi connectivity index (χ1) is 6.41. The van der Waals surface area contributed by atoms with Gasteiger partial charge in [0.1, 0.15) is 0 Å². The minimum absolute atomic E-state index is 0.535. The third kappa shape index (κ3) is 1.11. The second-order valence-corrected chi connectivity index (χ2v) is 4.36. The minimum Gasteiger partial charge on any atom is -0.316 e. The maximum Gasteiger partial charge on any atom is 0.00811 e. The Balaban J connectivity index is 2.11. The van der Waals surface area contributed by atoms with Crippen LogP contribution in [0.15, 0.2) is 24.3 Å². The maximum atomic E-state index is 3.55. The summed E-state index contributed by atoms with van der Waals surface area (Å²) in [6.07, 6.45) is 3.98. The van der Waals surface area contributed by atoms with E-state index in [1.54, 1.807) is 11.1 Å². The van der Waals surface area contributed by atoms with Crippen molar-refractivity contribution in [1.82, 2.24) is 5.32 Å². The molecule has 1 aromatic carbocycles. The van der Waals surface area contributed by atoms with Crippen molar-refractivity contribution in [1.29, 1.82) is 0 Å². The summed E-state index contributed by atoms with van der Waals surface area (Å²) in [7, 11) is 0. The number of nitrogens with one attached hydrogen (secondary N) is 1. The van der Waals surface area contributed by atoms with Crippen LogP contribution in [-0.4, -0.2) is 13.1 Å². The van der Waals surface area contributed by atoms with Gasteiger partial charge in [-0.25, -0.2) is 0 Å². The van der Waals surface area contributed by atoms with E-state index in [9.17, 15) is 0 Å². The number of benzene rings is 1. The lowest BCUT2D eigenvalue weighted by molar-refractivity contribution is 0.603. The lowest BCUT2D eigenvalue weighted by atomic mass is 9.91. The molecule has 1 spiro atoms. The Morgan fingerprint density at radius 1 is 1.15 bits per heavy atom. The van der Waals surface area contributed by atoms with E-state index in [0.29, 0.717) is 5.41 Å². The molecule has 1 heteroatoms. The van der Waals surface area contributed by atoms with Crippen molar-refractivity contribution in [3.63, 3.8) is 0 Å². The Labute approximate surface area is 79.2 Å². The number of fused-ring (bicyclic) bond motifs is 2. The smallest absolute Gasteiger partial charge is 0.00811 e. The molecule has 0 radical (unpaired) electrons. The highest BCUT2D eigenvalue weighted by atomic mass is 14.9. The van der Waals surface area contributed by atoms with Gasteiger partial charge in [0.2, 0.25) is 0 Å². The van der Waals surface area contributed by atoms with E-state index in [0.717, 1.165) is 6.54 Å². The average molecular weight is 173 g/mol. The fourth-order valence-electron chi connectivity index (χ4n) is 2.50. The van der Waals surface area contributed by atoms with Gasteiger partial charge in [0, 0.05) is 12.0 Å². The van der Waals surface area contributed by atoms with Gasteiger partial charge in [-0.2, -0.15) is 0 Å². The molecule has 1 nitrogen and oxygen atoms in total. The van der Waals surface area contributed by atoms with E-state index in [-0.39, 0.29) is 0 Å². The van der Waals surface area contributed by atoms with Crippen LogP contribution < -0.4 is 5.32 Å². The first-order valence-corrected chi connectivity index (χ1v) is 5.20. The van der Waals surface area contributed by atoms with Crippen molar-refractivity contribution in [3.8, 4) is 0 Å². The van der Waals surface area contributed by atoms with Crippen LogP contribution in [0.1, 0.15) is 24.0 Å². The van der Waals surface area contributed by atoms with Crippen LogP contribution in [0.4, 0.5) is 0 Å². The highest BCUT2D eigenvalue weighted by Gasteiger charge is 2.45. The molecular formula is C12H15N. The fourth-order valence-corrected chi connectivity index (χ4v) is 2.50. The third-order valence-corrected chi connectivity index (χ3v) is 3.48. The predicted octanol–water partition coefficient (Wildman–Crippen LogP) is 1.86. The van der Waals surface area contributed by atoms with Crippen LogP contribution in [0.2, 0.25) is 0 Å². The molecule has 1 N–H and O–H groups in total. The van der Waals surface area contributed by atoms with Gasteiger partial charge in [-0.1, -0.05) is 24.3 Å². The van der Waals surface area contributed by atoms with Crippen molar-refractivity contribution in [2.24, 2.45) is 0 Å². The van der Waals surface area contributed by atoms with Crippen LogP contribution >= 0.6 is 0 Å². The van der Waals surface area contributed by atoms with Crippen molar-refractivity contribution < 1.29 is 0 Å². The topological polar surface area (TPSA) is 12.0 Å². The molecule has 1 heterocycles. The van der Waals surface area contributed by atoms with E-state index in [1.165, 1.54) is 25.8 Å². The molecule has 0 bridgehead atoms. The standard InChI is InChI=1S/C12H15N/c1-2-4-11-10(3-1)5-8-13-9-12(11)6-7-12/h1-4,13H,5-9H2. The summed E-state index contributed by atoms with van der Waals surface area (Å²) in [5.74, 6) is 0. The van der Waals surface area contributed by atoms with Crippen molar-refractivity contribution in [2.45, 2.75) is 24.7 Å². The Hall–Kier alpha value is -0.820. The van der Waals surface area contributed by atoms with Gasteiger partial charge in [0.15, 0.2) is 0 Å². The summed E-state index contributed by atoms with van der Waals surface area (Å²) in [5, 5.41) is 3.55. The molecule has 1 fully saturated rings. The van der Waals surface area contributed by atoms with Crippen LogP contribution in [0.25, 0.3) is 0 Å². The van der Waals surface area contributed by atoms with Gasteiger partial charge in [0.05, 0.1) is 0 Å². The first kappa shape index (κ1) is 7.57. The van der Waals surface area contributed by atoms with Gasteiger partial charge in [-0.05, 0) is 36.9 Å². The molecule has 0 aromatic heterocycles. The second-order valence-electron chi connectivity index (χ2n) is 4.36. The van der Waals surface area contributed by atoms with Crippen molar-refractivity contribution in [3.05, 3.63) is 35.4 Å². The molecular weight excluding hydrogens is 158 g/mol. The molecule has 3 rings (SSSR count). The molecule has 1 aliphatic heterocycles. The molecule has 1 aromatic rings. The third-order valence-electron chi connectivity index (χ3n) is 3.48. The van der Waals surface area contributed by atoms with E-state index in [4.69, 9.17) is 0 Å². The molecule has 0 atom stereocenters. The van der Waals surface area contributed by atoms with E-state index in [2.05, 4.69) is 29.6 Å². The number of hydrogen-bond acceptors (Lipinski definition) is 1. The predicted molar refractivity (Wildman–Crippen MR) is 53.9 cm³/mol. The SMILES string of the molecule is c1ccc2c(c1)CCNCC21CC1. The van der Waals surface area contributed by atoms with Crippen LogP contribution in [0, 0.1) is 0 Å². The zero-order valence-corrected chi connectivity index (χ0v) is 7.84. The lowest BCUT2D eigenvalue weighted by Crippen LogP contribution is -2.24. The first-order valence-electron chi connectivity index (χ1n) is 5.20. The molecule has 0 unspecified atom stereocenters. The van der Waals surface area contributed by atoms with Gasteiger partial charge in [-0.15, -0.1) is 0 Å². The Bertz CT molecular complexity index is 326. The summed E-state index contributed by atoms with van der Waals surface area (Å²) < 4.78 is 0. The zero-order chi connectivity index (χ0) is 8.73. The summed E-state index contributed by atoms with van der Waals surface area (Å²) in [6.45, 7) is 2.35. The summed E-state index contributed by atoms with van der Waals surface area (Å²) in [4.78, 5) is 0. The van der Waals surface area contributed by atoms with E-state index in [1.807, 2.05) is 0 Å². The van der Waals surface area contributed by atoms with Crippen LogP contribution in [-0.2, 0) is 11.8 Å². The summed E-state index contributed by atoms with van der Waals surface area (Å²) in [5.41, 5.74) is 3.73. The van der Waals surface area contributed by atoms with Crippen LogP contribution in [0.3, 0.4) is 0 Å². The zero-order valence-electron chi connectivity index (χ0n) is 7.84. The van der Waals surface area contributed by atoms with Gasteiger partial charge >= 0.3 is 0 Å². The Morgan fingerprint density at radius 2 is 2.00 bits per heavy atom. The van der Waals surface area contributed by atoms with Crippen molar-refractivity contribution in [2.75, 3.05) is 13.1 Å². The maximum absolute atomic E-state index is 3.55. The van der Waals surface area contributed by atoms with E-state index < -0.39 is 0 Å².